The summed E-state index contributed by atoms with van der Waals surface area (Å²) in [5.41, 5.74) is 5.31. The number of carbonyl (C=O) groups is 1. The average molecular weight is 200 g/mol. The van der Waals surface area contributed by atoms with Gasteiger partial charge < -0.3 is 10.5 Å². The molecule has 0 radical (unpaired) electrons. The summed E-state index contributed by atoms with van der Waals surface area (Å²) in [6.07, 6.45) is 1.29. The van der Waals surface area contributed by atoms with E-state index in [0.29, 0.717) is 5.16 Å². The van der Waals surface area contributed by atoms with E-state index in [4.69, 9.17) is 5.73 Å². The first-order chi connectivity index (χ1) is 6.22. The van der Waals surface area contributed by atoms with Crippen LogP contribution >= 0.6 is 11.8 Å². The number of hydrogen-bond acceptors (Lipinski definition) is 7. The van der Waals surface area contributed by atoms with Crippen molar-refractivity contribution in [2.45, 2.75) is 5.16 Å². The van der Waals surface area contributed by atoms with Crippen molar-refractivity contribution in [2.24, 2.45) is 0 Å². The molecule has 1 rings (SSSR count). The van der Waals surface area contributed by atoms with Gasteiger partial charge in [0.15, 0.2) is 5.16 Å². The summed E-state index contributed by atoms with van der Waals surface area (Å²) < 4.78 is 4.44. The second-order valence-electron chi connectivity index (χ2n) is 1.99. The summed E-state index contributed by atoms with van der Waals surface area (Å²) in [5.74, 6) is -0.0219. The zero-order valence-electron chi connectivity index (χ0n) is 6.93. The number of aromatic nitrogens is 3. The van der Waals surface area contributed by atoms with Gasteiger partial charge in [-0.05, 0) is 0 Å². The van der Waals surface area contributed by atoms with E-state index in [2.05, 4.69) is 19.7 Å². The number of hydrogen-bond donors (Lipinski definition) is 1. The van der Waals surface area contributed by atoms with Gasteiger partial charge >= 0.3 is 5.97 Å². The Balaban J connectivity index is 2.50. The number of rotatable bonds is 3. The van der Waals surface area contributed by atoms with Crippen LogP contribution in [0.4, 0.5) is 5.95 Å². The molecule has 0 atom stereocenters. The Morgan fingerprint density at radius 2 is 2.46 bits per heavy atom. The second-order valence-corrected chi connectivity index (χ2v) is 2.93. The predicted octanol–water partition coefficient (Wildman–Crippen LogP) is -0.281. The molecule has 0 saturated heterocycles. The standard InChI is InChI=1S/C6H8N4O2S/c1-12-4(11)2-13-6-9-3-8-5(7)10-6/h3H,2H2,1H3,(H2,7,8,9,10). The minimum Gasteiger partial charge on any atom is -0.468 e. The highest BCUT2D eigenvalue weighted by molar-refractivity contribution is 7.99. The van der Waals surface area contributed by atoms with Crippen molar-refractivity contribution in [3.63, 3.8) is 0 Å². The van der Waals surface area contributed by atoms with E-state index in [9.17, 15) is 4.79 Å². The summed E-state index contributed by atoms with van der Waals surface area (Å²) in [4.78, 5) is 21.9. The Bertz CT molecular complexity index is 306. The lowest BCUT2D eigenvalue weighted by atomic mass is 10.8. The largest absolute Gasteiger partial charge is 0.468 e. The number of thioether (sulfide) groups is 1. The van der Waals surface area contributed by atoms with Crippen LogP contribution in [0.2, 0.25) is 0 Å². The van der Waals surface area contributed by atoms with Crippen molar-refractivity contribution in [1.82, 2.24) is 15.0 Å². The van der Waals surface area contributed by atoms with E-state index < -0.39 is 0 Å². The number of ether oxygens (including phenoxy) is 1. The topological polar surface area (TPSA) is 91.0 Å². The third-order valence-electron chi connectivity index (χ3n) is 1.12. The van der Waals surface area contributed by atoms with Crippen LogP contribution in [0.25, 0.3) is 0 Å². The Morgan fingerprint density at radius 1 is 1.69 bits per heavy atom. The highest BCUT2D eigenvalue weighted by Gasteiger charge is 2.04. The Kier molecular flexibility index (Phi) is 3.44. The summed E-state index contributed by atoms with van der Waals surface area (Å²) >= 11 is 1.15. The first-order valence-corrected chi connectivity index (χ1v) is 4.35. The van der Waals surface area contributed by atoms with Crippen LogP contribution in [0.1, 0.15) is 0 Å². The van der Waals surface area contributed by atoms with Gasteiger partial charge in [0, 0.05) is 0 Å². The van der Waals surface area contributed by atoms with Crippen molar-refractivity contribution in [3.8, 4) is 0 Å². The Morgan fingerprint density at radius 3 is 3.08 bits per heavy atom. The van der Waals surface area contributed by atoms with Crippen molar-refractivity contribution in [3.05, 3.63) is 6.33 Å². The molecule has 0 amide bonds. The molecule has 2 N–H and O–H groups in total. The number of nitrogens with zero attached hydrogens (tertiary/aromatic N) is 3. The van der Waals surface area contributed by atoms with E-state index >= 15 is 0 Å². The van der Waals surface area contributed by atoms with Crippen LogP contribution in [0.3, 0.4) is 0 Å². The minimum absolute atomic E-state index is 0.141. The highest BCUT2D eigenvalue weighted by atomic mass is 32.2. The molecule has 0 spiro atoms. The number of esters is 1. The fourth-order valence-corrected chi connectivity index (χ4v) is 1.19. The molecule has 0 aromatic carbocycles. The summed E-state index contributed by atoms with van der Waals surface area (Å²) in [5, 5.41) is 0.415. The Hall–Kier alpha value is -1.37. The first kappa shape index (κ1) is 9.72. The molecule has 0 bridgehead atoms. The number of carbonyl (C=O) groups excluding carboxylic acids is 1. The molecule has 0 aliphatic rings. The van der Waals surface area contributed by atoms with Crippen LogP contribution < -0.4 is 5.73 Å². The van der Waals surface area contributed by atoms with Crippen molar-refractivity contribution in [1.29, 1.82) is 0 Å². The molecule has 6 nitrogen and oxygen atoms in total. The zero-order chi connectivity index (χ0) is 9.68. The molecule has 0 fully saturated rings. The highest BCUT2D eigenvalue weighted by Crippen LogP contribution is 2.11. The lowest BCUT2D eigenvalue weighted by molar-refractivity contribution is -0.137. The molecular weight excluding hydrogens is 192 g/mol. The van der Waals surface area contributed by atoms with Crippen molar-refractivity contribution in [2.75, 3.05) is 18.6 Å². The maximum atomic E-state index is 10.7. The molecule has 1 aromatic rings. The van der Waals surface area contributed by atoms with Gasteiger partial charge in [-0.25, -0.2) is 9.97 Å². The molecule has 0 aliphatic carbocycles. The normalized spacial score (nSPS) is 9.62. The molecule has 0 saturated carbocycles. The minimum atomic E-state index is -0.330. The third-order valence-corrected chi connectivity index (χ3v) is 1.95. The molecule has 1 heterocycles. The van der Waals surface area contributed by atoms with Gasteiger partial charge in [0.25, 0.3) is 0 Å². The Labute approximate surface area is 78.9 Å². The van der Waals surface area contributed by atoms with Crippen LogP contribution in [-0.4, -0.2) is 33.8 Å². The van der Waals surface area contributed by atoms with Crippen LogP contribution in [0, 0.1) is 0 Å². The van der Waals surface area contributed by atoms with E-state index in [0.717, 1.165) is 11.8 Å². The summed E-state index contributed by atoms with van der Waals surface area (Å²) in [7, 11) is 1.32. The van der Waals surface area contributed by atoms with Gasteiger partial charge in [-0.15, -0.1) is 0 Å². The monoisotopic (exact) mass is 200 g/mol. The predicted molar refractivity (Wildman–Crippen MR) is 47.0 cm³/mol. The van der Waals surface area contributed by atoms with Gasteiger partial charge in [-0.2, -0.15) is 4.98 Å². The van der Waals surface area contributed by atoms with E-state index in [-0.39, 0.29) is 17.7 Å². The van der Waals surface area contributed by atoms with Gasteiger partial charge in [0.2, 0.25) is 5.95 Å². The van der Waals surface area contributed by atoms with Crippen molar-refractivity contribution < 1.29 is 9.53 Å². The zero-order valence-corrected chi connectivity index (χ0v) is 7.74. The fraction of sp³-hybridized carbons (Fsp3) is 0.333. The number of nitrogens with two attached hydrogens (primary N) is 1. The second kappa shape index (κ2) is 4.61. The molecule has 70 valence electrons. The quantitative estimate of drug-likeness (QED) is 0.530. The van der Waals surface area contributed by atoms with Crippen LogP contribution in [0.15, 0.2) is 11.5 Å². The molecular formula is C6H8N4O2S. The third kappa shape index (κ3) is 3.24. The number of nitrogen functional groups attached to an aromatic ring is 1. The fourth-order valence-electron chi connectivity index (χ4n) is 0.545. The molecule has 13 heavy (non-hydrogen) atoms. The lowest BCUT2D eigenvalue weighted by Crippen LogP contribution is -2.04. The van der Waals surface area contributed by atoms with Crippen molar-refractivity contribution >= 4 is 23.7 Å². The van der Waals surface area contributed by atoms with Gasteiger partial charge in [-0.3, -0.25) is 4.79 Å². The maximum Gasteiger partial charge on any atom is 0.316 e. The van der Waals surface area contributed by atoms with Crippen LogP contribution in [0.5, 0.6) is 0 Å². The van der Waals surface area contributed by atoms with Crippen LogP contribution in [-0.2, 0) is 9.53 Å². The molecule has 1 aromatic heterocycles. The van der Waals surface area contributed by atoms with E-state index in [1.807, 2.05) is 0 Å². The SMILES string of the molecule is COC(=O)CSc1ncnc(N)n1. The van der Waals surface area contributed by atoms with Gasteiger partial charge in [0.1, 0.15) is 6.33 Å². The summed E-state index contributed by atoms with van der Waals surface area (Å²) in [6, 6.07) is 0. The summed E-state index contributed by atoms with van der Waals surface area (Å²) in [6.45, 7) is 0. The smallest absolute Gasteiger partial charge is 0.316 e. The molecule has 0 aliphatic heterocycles. The molecule has 7 heteroatoms. The average Bonchev–Trinajstić information content (AvgIpc) is 2.14. The van der Waals surface area contributed by atoms with E-state index in [1.165, 1.54) is 13.4 Å². The molecule has 0 unspecified atom stereocenters. The number of anilines is 1. The maximum absolute atomic E-state index is 10.7. The van der Waals surface area contributed by atoms with Gasteiger partial charge in [0.05, 0.1) is 12.9 Å². The number of methoxy groups -OCH3 is 1. The van der Waals surface area contributed by atoms with Gasteiger partial charge in [-0.1, -0.05) is 11.8 Å². The lowest BCUT2D eigenvalue weighted by Gasteiger charge is -1.98. The van der Waals surface area contributed by atoms with E-state index in [1.54, 1.807) is 0 Å². The first-order valence-electron chi connectivity index (χ1n) is 3.36.